The molecule has 0 spiro atoms. The van der Waals surface area contributed by atoms with Gasteiger partial charge in [0.15, 0.2) is 5.11 Å². The van der Waals surface area contributed by atoms with E-state index in [2.05, 4.69) is 41.6 Å². The standard InChI is InChI=1S/C15H17N3S/c1-11-3-5-14(6-4-11)18-15(19)17-12(2)13-7-9-16-10-8-13/h3-10,12H,1-2H3,(H2,17,18,19)/t12-/m0/s1. The Hall–Kier alpha value is -1.94. The van der Waals surface area contributed by atoms with E-state index in [1.807, 2.05) is 24.3 Å². The van der Waals surface area contributed by atoms with E-state index in [0.717, 1.165) is 11.3 Å². The Kier molecular flexibility index (Phi) is 4.47. The number of thiocarbonyl (C=S) groups is 1. The van der Waals surface area contributed by atoms with E-state index in [-0.39, 0.29) is 6.04 Å². The molecule has 19 heavy (non-hydrogen) atoms. The molecule has 2 N–H and O–H groups in total. The van der Waals surface area contributed by atoms with Crippen molar-refractivity contribution in [1.29, 1.82) is 0 Å². The van der Waals surface area contributed by atoms with Gasteiger partial charge in [0.25, 0.3) is 0 Å². The average molecular weight is 271 g/mol. The van der Waals surface area contributed by atoms with Gasteiger partial charge < -0.3 is 10.6 Å². The summed E-state index contributed by atoms with van der Waals surface area (Å²) in [6.45, 7) is 4.13. The maximum atomic E-state index is 5.31. The van der Waals surface area contributed by atoms with Crippen molar-refractivity contribution < 1.29 is 0 Å². The molecular weight excluding hydrogens is 254 g/mol. The predicted octanol–water partition coefficient (Wildman–Crippen LogP) is 3.44. The number of benzene rings is 1. The first-order valence-electron chi connectivity index (χ1n) is 6.19. The van der Waals surface area contributed by atoms with Crippen molar-refractivity contribution in [3.8, 4) is 0 Å². The molecule has 2 aromatic rings. The third-order valence-electron chi connectivity index (χ3n) is 2.86. The number of aryl methyl sites for hydroxylation is 1. The summed E-state index contributed by atoms with van der Waals surface area (Å²) in [7, 11) is 0. The Balaban J connectivity index is 1.93. The SMILES string of the molecule is Cc1ccc(NC(=S)N[C@@H](C)c2ccncc2)cc1. The lowest BCUT2D eigenvalue weighted by Crippen LogP contribution is -2.30. The summed E-state index contributed by atoms with van der Waals surface area (Å²) in [5.41, 5.74) is 3.38. The molecular formula is C15H17N3S. The lowest BCUT2D eigenvalue weighted by Gasteiger charge is -2.17. The number of hydrogen-bond donors (Lipinski definition) is 2. The van der Waals surface area contributed by atoms with E-state index in [1.54, 1.807) is 12.4 Å². The zero-order valence-corrected chi connectivity index (χ0v) is 11.9. The number of nitrogens with zero attached hydrogens (tertiary/aromatic N) is 1. The Morgan fingerprint density at radius 3 is 2.37 bits per heavy atom. The summed E-state index contributed by atoms with van der Waals surface area (Å²) in [5, 5.41) is 7.04. The molecule has 0 saturated heterocycles. The van der Waals surface area contributed by atoms with Crippen molar-refractivity contribution in [2.24, 2.45) is 0 Å². The maximum Gasteiger partial charge on any atom is 0.171 e. The van der Waals surface area contributed by atoms with Crippen molar-refractivity contribution in [2.75, 3.05) is 5.32 Å². The van der Waals surface area contributed by atoms with Crippen LogP contribution in [0.5, 0.6) is 0 Å². The highest BCUT2D eigenvalue weighted by atomic mass is 32.1. The lowest BCUT2D eigenvalue weighted by atomic mass is 10.1. The molecule has 98 valence electrons. The third-order valence-corrected chi connectivity index (χ3v) is 3.08. The molecule has 0 bridgehead atoms. The minimum atomic E-state index is 0.147. The van der Waals surface area contributed by atoms with Crippen LogP contribution in [-0.4, -0.2) is 10.1 Å². The van der Waals surface area contributed by atoms with Crippen LogP contribution in [0, 0.1) is 6.92 Å². The molecule has 1 heterocycles. The van der Waals surface area contributed by atoms with Crippen LogP contribution in [0.2, 0.25) is 0 Å². The Bertz CT molecular complexity index is 537. The van der Waals surface area contributed by atoms with Gasteiger partial charge in [-0.25, -0.2) is 0 Å². The molecule has 1 aromatic heterocycles. The molecule has 1 atom stereocenters. The molecule has 0 aliphatic carbocycles. The summed E-state index contributed by atoms with van der Waals surface area (Å²) in [4.78, 5) is 4.01. The summed E-state index contributed by atoms with van der Waals surface area (Å²) >= 11 is 5.31. The molecule has 1 aromatic carbocycles. The summed E-state index contributed by atoms with van der Waals surface area (Å²) in [6, 6.07) is 12.2. The van der Waals surface area contributed by atoms with E-state index in [1.165, 1.54) is 5.56 Å². The zero-order valence-electron chi connectivity index (χ0n) is 11.1. The fourth-order valence-corrected chi connectivity index (χ4v) is 2.03. The number of anilines is 1. The van der Waals surface area contributed by atoms with E-state index in [9.17, 15) is 0 Å². The van der Waals surface area contributed by atoms with Crippen LogP contribution in [0.3, 0.4) is 0 Å². The minimum Gasteiger partial charge on any atom is -0.356 e. The second kappa shape index (κ2) is 6.29. The largest absolute Gasteiger partial charge is 0.356 e. The van der Waals surface area contributed by atoms with Crippen molar-refractivity contribution in [3.63, 3.8) is 0 Å². The lowest BCUT2D eigenvalue weighted by molar-refractivity contribution is 0.721. The Morgan fingerprint density at radius 1 is 1.11 bits per heavy atom. The van der Waals surface area contributed by atoms with Gasteiger partial charge in [-0.2, -0.15) is 0 Å². The number of rotatable bonds is 3. The predicted molar refractivity (Wildman–Crippen MR) is 83.2 cm³/mol. The topological polar surface area (TPSA) is 37.0 Å². The van der Waals surface area contributed by atoms with Crippen LogP contribution in [0.1, 0.15) is 24.1 Å². The highest BCUT2D eigenvalue weighted by Gasteiger charge is 2.06. The molecule has 4 heteroatoms. The number of pyridine rings is 1. The Morgan fingerprint density at radius 2 is 1.74 bits per heavy atom. The van der Waals surface area contributed by atoms with Crippen molar-refractivity contribution in [2.45, 2.75) is 19.9 Å². The smallest absolute Gasteiger partial charge is 0.171 e. The normalized spacial score (nSPS) is 11.7. The summed E-state index contributed by atoms with van der Waals surface area (Å²) in [6.07, 6.45) is 3.56. The van der Waals surface area contributed by atoms with Gasteiger partial charge in [-0.15, -0.1) is 0 Å². The highest BCUT2D eigenvalue weighted by molar-refractivity contribution is 7.80. The van der Waals surface area contributed by atoms with E-state index < -0.39 is 0 Å². The van der Waals surface area contributed by atoms with Crippen LogP contribution in [0.25, 0.3) is 0 Å². The van der Waals surface area contributed by atoms with Gasteiger partial charge in [0.2, 0.25) is 0 Å². The van der Waals surface area contributed by atoms with Crippen LogP contribution >= 0.6 is 12.2 Å². The van der Waals surface area contributed by atoms with Gasteiger partial charge in [0.05, 0.1) is 6.04 Å². The molecule has 0 aliphatic rings. The van der Waals surface area contributed by atoms with Gasteiger partial charge in [-0.05, 0) is 55.9 Å². The van der Waals surface area contributed by atoms with E-state index in [4.69, 9.17) is 12.2 Å². The van der Waals surface area contributed by atoms with Crippen molar-refractivity contribution in [3.05, 3.63) is 59.9 Å². The van der Waals surface area contributed by atoms with E-state index in [0.29, 0.717) is 5.11 Å². The maximum absolute atomic E-state index is 5.31. The molecule has 0 unspecified atom stereocenters. The minimum absolute atomic E-state index is 0.147. The van der Waals surface area contributed by atoms with Gasteiger partial charge >= 0.3 is 0 Å². The average Bonchev–Trinajstić information content (AvgIpc) is 2.42. The molecule has 0 saturated carbocycles. The third kappa shape index (κ3) is 4.03. The zero-order chi connectivity index (χ0) is 13.7. The van der Waals surface area contributed by atoms with Crippen LogP contribution < -0.4 is 10.6 Å². The first-order valence-corrected chi connectivity index (χ1v) is 6.60. The molecule has 3 nitrogen and oxygen atoms in total. The second-order valence-corrected chi connectivity index (χ2v) is 4.87. The molecule has 0 fully saturated rings. The fraction of sp³-hybridized carbons (Fsp3) is 0.200. The van der Waals surface area contributed by atoms with Crippen molar-refractivity contribution >= 4 is 23.0 Å². The summed E-state index contributed by atoms with van der Waals surface area (Å²) < 4.78 is 0. The van der Waals surface area contributed by atoms with Crippen LogP contribution in [-0.2, 0) is 0 Å². The highest BCUT2D eigenvalue weighted by Crippen LogP contribution is 2.12. The second-order valence-electron chi connectivity index (χ2n) is 4.47. The first kappa shape index (κ1) is 13.5. The monoisotopic (exact) mass is 271 g/mol. The van der Waals surface area contributed by atoms with Crippen LogP contribution in [0.15, 0.2) is 48.8 Å². The number of hydrogen-bond acceptors (Lipinski definition) is 2. The number of aromatic nitrogens is 1. The van der Waals surface area contributed by atoms with Gasteiger partial charge in [0, 0.05) is 18.1 Å². The molecule has 0 aliphatic heterocycles. The molecule has 0 amide bonds. The van der Waals surface area contributed by atoms with Gasteiger partial charge in [0.1, 0.15) is 0 Å². The quantitative estimate of drug-likeness (QED) is 0.839. The van der Waals surface area contributed by atoms with Crippen LogP contribution in [0.4, 0.5) is 5.69 Å². The fourth-order valence-electron chi connectivity index (χ4n) is 1.74. The Labute approximate surface area is 119 Å². The van der Waals surface area contributed by atoms with Gasteiger partial charge in [-0.1, -0.05) is 17.7 Å². The first-order chi connectivity index (χ1) is 9.15. The molecule has 0 radical (unpaired) electrons. The van der Waals surface area contributed by atoms with Gasteiger partial charge in [-0.3, -0.25) is 4.98 Å². The van der Waals surface area contributed by atoms with E-state index >= 15 is 0 Å². The number of nitrogens with one attached hydrogen (secondary N) is 2. The van der Waals surface area contributed by atoms with Crippen molar-refractivity contribution in [1.82, 2.24) is 10.3 Å². The molecule has 2 rings (SSSR count). The summed E-state index contributed by atoms with van der Waals surface area (Å²) in [5.74, 6) is 0.